The smallest absolute Gasteiger partial charge is 0.255 e. The first-order valence-electron chi connectivity index (χ1n) is 12.3. The Balaban J connectivity index is 1.26. The largest absolute Gasteiger partial charge is 0.454 e. The first-order valence-corrected chi connectivity index (χ1v) is 12.3. The van der Waals surface area contributed by atoms with Crippen molar-refractivity contribution >= 4 is 11.8 Å². The second-order valence-electron chi connectivity index (χ2n) is 9.62. The van der Waals surface area contributed by atoms with E-state index >= 15 is 0 Å². The van der Waals surface area contributed by atoms with Crippen LogP contribution < -0.4 is 14.8 Å². The highest BCUT2D eigenvalue weighted by molar-refractivity contribution is 6.04. The van der Waals surface area contributed by atoms with Crippen molar-refractivity contribution in [2.24, 2.45) is 0 Å². The minimum Gasteiger partial charge on any atom is -0.454 e. The van der Waals surface area contributed by atoms with Crippen molar-refractivity contribution in [2.45, 2.75) is 64.2 Å². The van der Waals surface area contributed by atoms with Gasteiger partial charge in [0.25, 0.3) is 5.91 Å². The molecule has 3 atom stereocenters. The maximum atomic E-state index is 13.4. The lowest BCUT2D eigenvalue weighted by Crippen LogP contribution is -2.45. The van der Waals surface area contributed by atoms with Crippen molar-refractivity contribution in [1.29, 1.82) is 0 Å². The fraction of sp³-hybridized carbons (Fsp3) is 0.481. The standard InChI is InChI=1S/C27H33N3O4/c1-18-7-5-8-19(2)29(18)14-6-13-28-26(31)25-21-9-3-4-10-22(21)27(32)30(25)16-20-11-12-23-24(15-20)34-17-33-23/h3-4,9-12,15,18-19,25H,5-8,13-14,16-17H2,1-2H3,(H,28,31)/t18-,19+,25-/m1/s1. The van der Waals surface area contributed by atoms with Crippen molar-refractivity contribution in [3.8, 4) is 11.5 Å². The summed E-state index contributed by atoms with van der Waals surface area (Å²) in [5, 5.41) is 3.11. The molecule has 0 saturated carbocycles. The Labute approximate surface area is 201 Å². The third kappa shape index (κ3) is 4.37. The number of rotatable bonds is 7. The van der Waals surface area contributed by atoms with Gasteiger partial charge in [-0.2, -0.15) is 0 Å². The number of hydrogen-bond donors (Lipinski definition) is 1. The molecule has 3 heterocycles. The number of ether oxygens (including phenoxy) is 2. The summed E-state index contributed by atoms with van der Waals surface area (Å²) < 4.78 is 10.9. The first-order chi connectivity index (χ1) is 16.5. The molecule has 0 aliphatic carbocycles. The van der Waals surface area contributed by atoms with Crippen molar-refractivity contribution in [2.75, 3.05) is 19.9 Å². The van der Waals surface area contributed by atoms with Gasteiger partial charge in [0.2, 0.25) is 12.7 Å². The fourth-order valence-corrected chi connectivity index (χ4v) is 5.54. The van der Waals surface area contributed by atoms with Crippen LogP contribution >= 0.6 is 0 Å². The Morgan fingerprint density at radius 3 is 2.65 bits per heavy atom. The van der Waals surface area contributed by atoms with Gasteiger partial charge in [-0.1, -0.05) is 30.7 Å². The number of amides is 2. The number of hydrogen-bond acceptors (Lipinski definition) is 5. The van der Waals surface area contributed by atoms with Crippen LogP contribution in [0.3, 0.4) is 0 Å². The van der Waals surface area contributed by atoms with E-state index in [0.717, 1.165) is 24.1 Å². The van der Waals surface area contributed by atoms with Crippen molar-refractivity contribution in [1.82, 2.24) is 15.1 Å². The number of carbonyl (C=O) groups excluding carboxylic acids is 2. The summed E-state index contributed by atoms with van der Waals surface area (Å²) >= 11 is 0. The molecule has 3 aliphatic rings. The topological polar surface area (TPSA) is 71.1 Å². The van der Waals surface area contributed by atoms with E-state index in [0.29, 0.717) is 42.2 Å². The zero-order chi connectivity index (χ0) is 23.7. The second-order valence-corrected chi connectivity index (χ2v) is 9.62. The van der Waals surface area contributed by atoms with Crippen LogP contribution in [0.1, 0.15) is 67.1 Å². The van der Waals surface area contributed by atoms with Crippen LogP contribution in [0.5, 0.6) is 11.5 Å². The van der Waals surface area contributed by atoms with Gasteiger partial charge in [-0.25, -0.2) is 0 Å². The Kier molecular flexibility index (Phi) is 6.46. The average molecular weight is 464 g/mol. The maximum absolute atomic E-state index is 13.4. The highest BCUT2D eigenvalue weighted by atomic mass is 16.7. The van der Waals surface area contributed by atoms with Crippen LogP contribution in [0.2, 0.25) is 0 Å². The first kappa shape index (κ1) is 22.7. The molecule has 2 aromatic rings. The maximum Gasteiger partial charge on any atom is 0.255 e. The number of benzene rings is 2. The minimum atomic E-state index is -0.637. The lowest BCUT2D eigenvalue weighted by atomic mass is 9.97. The molecular weight excluding hydrogens is 430 g/mol. The molecule has 1 fully saturated rings. The minimum absolute atomic E-state index is 0.121. The van der Waals surface area contributed by atoms with E-state index in [1.165, 1.54) is 19.3 Å². The lowest BCUT2D eigenvalue weighted by Gasteiger charge is -2.39. The van der Waals surface area contributed by atoms with Gasteiger partial charge in [0.05, 0.1) is 0 Å². The lowest BCUT2D eigenvalue weighted by molar-refractivity contribution is -0.125. The summed E-state index contributed by atoms with van der Waals surface area (Å²) in [5.74, 6) is 1.12. The number of fused-ring (bicyclic) bond motifs is 2. The van der Waals surface area contributed by atoms with Gasteiger partial charge in [-0.15, -0.1) is 0 Å². The predicted octanol–water partition coefficient (Wildman–Crippen LogP) is 3.88. The molecule has 7 nitrogen and oxygen atoms in total. The van der Waals surface area contributed by atoms with Crippen LogP contribution in [0.15, 0.2) is 42.5 Å². The molecule has 0 aromatic heterocycles. The third-order valence-corrected chi connectivity index (χ3v) is 7.36. The van der Waals surface area contributed by atoms with Gasteiger partial charge in [-0.3, -0.25) is 14.5 Å². The highest BCUT2D eigenvalue weighted by Gasteiger charge is 2.40. The second kappa shape index (κ2) is 9.66. The Hall–Kier alpha value is -3.06. The number of carbonyl (C=O) groups is 2. The Morgan fingerprint density at radius 1 is 1.06 bits per heavy atom. The summed E-state index contributed by atoms with van der Waals surface area (Å²) in [6, 6.07) is 13.6. The molecule has 3 aliphatic heterocycles. The van der Waals surface area contributed by atoms with Gasteiger partial charge in [0.1, 0.15) is 6.04 Å². The molecule has 0 spiro atoms. The van der Waals surface area contributed by atoms with Crippen molar-refractivity contribution in [3.63, 3.8) is 0 Å². The Bertz CT molecular complexity index is 1060. The molecule has 180 valence electrons. The molecule has 1 N–H and O–H groups in total. The Morgan fingerprint density at radius 2 is 1.82 bits per heavy atom. The van der Waals surface area contributed by atoms with Crippen LogP contribution in [-0.2, 0) is 11.3 Å². The summed E-state index contributed by atoms with van der Waals surface area (Å²) in [7, 11) is 0. The highest BCUT2D eigenvalue weighted by Crippen LogP contribution is 2.37. The van der Waals surface area contributed by atoms with Gasteiger partial charge >= 0.3 is 0 Å². The predicted molar refractivity (Wildman–Crippen MR) is 129 cm³/mol. The van der Waals surface area contributed by atoms with Gasteiger partial charge < -0.3 is 19.7 Å². The van der Waals surface area contributed by atoms with Gasteiger partial charge in [0.15, 0.2) is 11.5 Å². The normalized spacial score (nSPS) is 23.8. The molecule has 2 amide bonds. The molecule has 7 heteroatoms. The van der Waals surface area contributed by atoms with Gasteiger partial charge in [0, 0.05) is 37.3 Å². The number of piperidine rings is 1. The zero-order valence-electron chi connectivity index (χ0n) is 20.0. The van der Waals surface area contributed by atoms with Gasteiger partial charge in [-0.05, 0) is 62.4 Å². The fourth-order valence-electron chi connectivity index (χ4n) is 5.54. The SMILES string of the molecule is C[C@@H]1CCC[C@H](C)N1CCCNC(=O)[C@H]1c2ccccc2C(=O)N1Cc1ccc2c(c1)OCO2. The van der Waals surface area contributed by atoms with Crippen LogP contribution in [-0.4, -0.2) is 53.6 Å². The quantitative estimate of drug-likeness (QED) is 0.631. The molecule has 5 rings (SSSR count). The molecule has 34 heavy (non-hydrogen) atoms. The molecule has 0 radical (unpaired) electrons. The van der Waals surface area contributed by atoms with Crippen molar-refractivity contribution in [3.05, 3.63) is 59.2 Å². The molecule has 0 unspecified atom stereocenters. The summed E-state index contributed by atoms with van der Waals surface area (Å²) in [5.41, 5.74) is 2.26. The summed E-state index contributed by atoms with van der Waals surface area (Å²) in [4.78, 5) is 30.8. The average Bonchev–Trinajstić information content (AvgIpc) is 3.41. The molecular formula is C27H33N3O4. The van der Waals surface area contributed by atoms with E-state index in [1.54, 1.807) is 11.0 Å². The summed E-state index contributed by atoms with van der Waals surface area (Å²) in [6.45, 7) is 6.69. The molecule has 0 bridgehead atoms. The van der Waals surface area contributed by atoms with E-state index in [2.05, 4.69) is 24.1 Å². The van der Waals surface area contributed by atoms with Crippen LogP contribution in [0.25, 0.3) is 0 Å². The van der Waals surface area contributed by atoms with Crippen LogP contribution in [0.4, 0.5) is 0 Å². The van der Waals surface area contributed by atoms with E-state index < -0.39 is 6.04 Å². The third-order valence-electron chi connectivity index (χ3n) is 7.36. The number of nitrogens with zero attached hydrogens (tertiary/aromatic N) is 2. The number of likely N-dealkylation sites (tertiary alicyclic amines) is 1. The molecule has 1 saturated heterocycles. The van der Waals surface area contributed by atoms with Crippen LogP contribution in [0, 0.1) is 0 Å². The zero-order valence-corrected chi connectivity index (χ0v) is 20.0. The molecule has 2 aromatic carbocycles. The van der Waals surface area contributed by atoms with E-state index in [9.17, 15) is 9.59 Å². The summed E-state index contributed by atoms with van der Waals surface area (Å²) in [6.07, 6.45) is 4.67. The number of nitrogens with one attached hydrogen (secondary N) is 1. The van der Waals surface area contributed by atoms with E-state index in [-0.39, 0.29) is 18.6 Å². The van der Waals surface area contributed by atoms with Crippen molar-refractivity contribution < 1.29 is 19.1 Å². The monoisotopic (exact) mass is 463 g/mol. The van der Waals surface area contributed by atoms with E-state index in [1.807, 2.05) is 36.4 Å². The van der Waals surface area contributed by atoms with E-state index in [4.69, 9.17) is 9.47 Å².